The Bertz CT molecular complexity index is 511. The van der Waals surface area contributed by atoms with Gasteiger partial charge in [0.2, 0.25) is 0 Å². The first kappa shape index (κ1) is 13.3. The summed E-state index contributed by atoms with van der Waals surface area (Å²) in [5, 5.41) is 9.53. The van der Waals surface area contributed by atoms with Gasteiger partial charge in [-0.3, -0.25) is 4.79 Å². The van der Waals surface area contributed by atoms with Gasteiger partial charge in [0.1, 0.15) is 5.75 Å². The molecule has 1 aromatic carbocycles. The summed E-state index contributed by atoms with van der Waals surface area (Å²) >= 11 is 0. The lowest BCUT2D eigenvalue weighted by atomic mass is 9.77. The van der Waals surface area contributed by atoms with Gasteiger partial charge in [-0.2, -0.15) is 0 Å². The number of phenolic OH excluding ortho intramolecular Hbond substituents is 1. The van der Waals surface area contributed by atoms with Crippen LogP contribution in [0.2, 0.25) is 0 Å². The minimum absolute atomic E-state index is 0.0498. The first-order valence-corrected chi connectivity index (χ1v) is 7.47. The van der Waals surface area contributed by atoms with Crippen LogP contribution in [0.25, 0.3) is 0 Å². The van der Waals surface area contributed by atoms with E-state index in [4.69, 9.17) is 5.73 Å². The number of rotatable bonds is 1. The number of likely N-dealkylation sites (tertiary alicyclic amines) is 1. The summed E-state index contributed by atoms with van der Waals surface area (Å²) < 4.78 is 0. The van der Waals surface area contributed by atoms with Crippen molar-refractivity contribution in [2.24, 2.45) is 5.41 Å². The average molecular weight is 274 g/mol. The van der Waals surface area contributed by atoms with Gasteiger partial charge in [0.25, 0.3) is 5.91 Å². The maximum atomic E-state index is 12.5. The van der Waals surface area contributed by atoms with E-state index < -0.39 is 0 Å². The van der Waals surface area contributed by atoms with Gasteiger partial charge in [-0.05, 0) is 49.3 Å². The monoisotopic (exact) mass is 274 g/mol. The molecule has 1 saturated heterocycles. The number of nitrogen functional groups attached to an aromatic ring is 1. The molecule has 1 heterocycles. The van der Waals surface area contributed by atoms with Crippen LogP contribution in [0.3, 0.4) is 0 Å². The summed E-state index contributed by atoms with van der Waals surface area (Å²) in [6, 6.07) is 4.57. The summed E-state index contributed by atoms with van der Waals surface area (Å²) in [7, 11) is 0. The van der Waals surface area contributed by atoms with Crippen molar-refractivity contribution in [3.8, 4) is 5.75 Å². The van der Waals surface area contributed by atoms with Crippen molar-refractivity contribution in [2.75, 3.05) is 18.8 Å². The van der Waals surface area contributed by atoms with Crippen LogP contribution in [-0.2, 0) is 0 Å². The van der Waals surface area contributed by atoms with Crippen molar-refractivity contribution in [2.45, 2.75) is 38.5 Å². The molecule has 1 spiro atoms. The van der Waals surface area contributed by atoms with Crippen LogP contribution in [0.4, 0.5) is 5.69 Å². The van der Waals surface area contributed by atoms with E-state index in [9.17, 15) is 9.90 Å². The largest absolute Gasteiger partial charge is 0.508 e. The second-order valence-electron chi connectivity index (χ2n) is 6.27. The van der Waals surface area contributed by atoms with E-state index in [1.807, 2.05) is 4.90 Å². The molecule has 2 fully saturated rings. The molecule has 0 aromatic heterocycles. The minimum atomic E-state index is -0.0498. The highest BCUT2D eigenvalue weighted by Crippen LogP contribution is 2.46. The molecule has 0 radical (unpaired) electrons. The Hall–Kier alpha value is -1.71. The number of anilines is 1. The third-order valence-electron chi connectivity index (χ3n) is 5.04. The predicted molar refractivity (Wildman–Crippen MR) is 78.6 cm³/mol. The lowest BCUT2D eigenvalue weighted by Gasteiger charge is -2.39. The predicted octanol–water partition coefficient (Wildman–Crippen LogP) is 2.77. The fourth-order valence-electron chi connectivity index (χ4n) is 3.71. The number of piperidine rings is 1. The summed E-state index contributed by atoms with van der Waals surface area (Å²) in [5.41, 5.74) is 7.22. The van der Waals surface area contributed by atoms with Crippen LogP contribution in [-0.4, -0.2) is 29.0 Å². The topological polar surface area (TPSA) is 66.6 Å². The number of carbonyl (C=O) groups is 1. The van der Waals surface area contributed by atoms with E-state index in [1.165, 1.54) is 37.8 Å². The molecule has 20 heavy (non-hydrogen) atoms. The Balaban J connectivity index is 1.71. The van der Waals surface area contributed by atoms with Gasteiger partial charge in [-0.1, -0.05) is 12.8 Å². The van der Waals surface area contributed by atoms with Crippen molar-refractivity contribution < 1.29 is 9.90 Å². The van der Waals surface area contributed by atoms with Crippen LogP contribution in [0, 0.1) is 5.41 Å². The van der Waals surface area contributed by atoms with Gasteiger partial charge in [0, 0.05) is 18.8 Å². The molecule has 1 aliphatic heterocycles. The van der Waals surface area contributed by atoms with E-state index in [0.717, 1.165) is 25.9 Å². The van der Waals surface area contributed by atoms with Gasteiger partial charge in [0.05, 0.1) is 5.56 Å². The van der Waals surface area contributed by atoms with Crippen molar-refractivity contribution in [3.63, 3.8) is 0 Å². The van der Waals surface area contributed by atoms with Crippen LogP contribution in [0.1, 0.15) is 48.9 Å². The van der Waals surface area contributed by atoms with Crippen molar-refractivity contribution in [1.82, 2.24) is 4.90 Å². The molecular weight excluding hydrogens is 252 g/mol. The number of hydrogen-bond donors (Lipinski definition) is 2. The number of carbonyl (C=O) groups excluding carboxylic acids is 1. The number of nitrogens with two attached hydrogens (primary N) is 1. The van der Waals surface area contributed by atoms with E-state index in [0.29, 0.717) is 16.7 Å². The van der Waals surface area contributed by atoms with E-state index in [2.05, 4.69) is 0 Å². The second-order valence-corrected chi connectivity index (χ2v) is 6.27. The molecule has 4 nitrogen and oxygen atoms in total. The number of nitrogens with zero attached hydrogens (tertiary/aromatic N) is 1. The zero-order valence-electron chi connectivity index (χ0n) is 11.8. The molecule has 3 rings (SSSR count). The molecule has 3 N–H and O–H groups in total. The van der Waals surface area contributed by atoms with Gasteiger partial charge < -0.3 is 15.7 Å². The van der Waals surface area contributed by atoms with Crippen LogP contribution in [0.5, 0.6) is 5.75 Å². The quantitative estimate of drug-likeness (QED) is 0.611. The zero-order chi connectivity index (χ0) is 14.2. The highest BCUT2D eigenvalue weighted by atomic mass is 16.3. The molecule has 0 unspecified atom stereocenters. The second kappa shape index (κ2) is 5.00. The Morgan fingerprint density at radius 1 is 1.15 bits per heavy atom. The first-order valence-electron chi connectivity index (χ1n) is 7.47. The number of benzene rings is 1. The Kier molecular flexibility index (Phi) is 3.32. The number of phenols is 1. The fraction of sp³-hybridized carbons (Fsp3) is 0.562. The maximum Gasteiger partial charge on any atom is 0.256 e. The van der Waals surface area contributed by atoms with E-state index in [1.54, 1.807) is 6.07 Å². The standard InChI is InChI=1S/C16H22N2O2/c17-14-4-3-12(19)11-13(14)15(20)18-9-7-16(8-10-18)5-1-2-6-16/h3-4,11,19H,1-2,5-10,17H2. The molecule has 0 bridgehead atoms. The van der Waals surface area contributed by atoms with Gasteiger partial charge in [-0.15, -0.1) is 0 Å². The van der Waals surface area contributed by atoms with Gasteiger partial charge >= 0.3 is 0 Å². The highest BCUT2D eigenvalue weighted by Gasteiger charge is 2.38. The van der Waals surface area contributed by atoms with Crippen molar-refractivity contribution >= 4 is 11.6 Å². The maximum absolute atomic E-state index is 12.5. The molecule has 1 saturated carbocycles. The molecule has 1 aromatic rings. The Morgan fingerprint density at radius 2 is 1.80 bits per heavy atom. The van der Waals surface area contributed by atoms with Gasteiger partial charge in [0.15, 0.2) is 0 Å². The van der Waals surface area contributed by atoms with Crippen LogP contribution < -0.4 is 5.73 Å². The smallest absolute Gasteiger partial charge is 0.256 e. The van der Waals surface area contributed by atoms with Crippen LogP contribution in [0.15, 0.2) is 18.2 Å². The molecule has 2 aliphatic rings. The molecule has 108 valence electrons. The zero-order valence-corrected chi connectivity index (χ0v) is 11.8. The third kappa shape index (κ3) is 2.35. The number of amides is 1. The normalized spacial score (nSPS) is 21.3. The van der Waals surface area contributed by atoms with E-state index in [-0.39, 0.29) is 11.7 Å². The summed E-state index contributed by atoms with van der Waals surface area (Å²) in [6.45, 7) is 1.63. The SMILES string of the molecule is Nc1ccc(O)cc1C(=O)N1CCC2(CCCC2)CC1. The van der Waals surface area contributed by atoms with Crippen molar-refractivity contribution in [3.05, 3.63) is 23.8 Å². The number of hydrogen-bond acceptors (Lipinski definition) is 3. The Labute approximate surface area is 119 Å². The van der Waals surface area contributed by atoms with E-state index >= 15 is 0 Å². The summed E-state index contributed by atoms with van der Waals surface area (Å²) in [6.07, 6.45) is 7.54. The van der Waals surface area contributed by atoms with Gasteiger partial charge in [-0.25, -0.2) is 0 Å². The minimum Gasteiger partial charge on any atom is -0.508 e. The molecule has 1 amide bonds. The lowest BCUT2D eigenvalue weighted by Crippen LogP contribution is -2.42. The van der Waals surface area contributed by atoms with Crippen molar-refractivity contribution in [1.29, 1.82) is 0 Å². The average Bonchev–Trinajstić information content (AvgIpc) is 2.90. The first-order chi connectivity index (χ1) is 9.60. The molecule has 4 heteroatoms. The summed E-state index contributed by atoms with van der Waals surface area (Å²) in [5.74, 6) is 0.0399. The third-order valence-corrected chi connectivity index (χ3v) is 5.04. The van der Waals surface area contributed by atoms with Crippen LogP contribution >= 0.6 is 0 Å². The number of aromatic hydroxyl groups is 1. The lowest BCUT2D eigenvalue weighted by molar-refractivity contribution is 0.0588. The molecule has 0 atom stereocenters. The Morgan fingerprint density at radius 3 is 2.45 bits per heavy atom. The molecule has 1 aliphatic carbocycles. The molecular formula is C16H22N2O2. The fourth-order valence-corrected chi connectivity index (χ4v) is 3.71. The summed E-state index contributed by atoms with van der Waals surface area (Å²) in [4.78, 5) is 14.4. The highest BCUT2D eigenvalue weighted by molar-refractivity contribution is 5.99.